The van der Waals surface area contributed by atoms with E-state index >= 15 is 0 Å². The maximum absolute atomic E-state index is 12.5. The maximum Gasteiger partial charge on any atom is 0.274 e. The van der Waals surface area contributed by atoms with Gasteiger partial charge in [0.2, 0.25) is 0 Å². The average molecular weight is 297 g/mol. The Morgan fingerprint density at radius 2 is 2.00 bits per heavy atom. The first-order chi connectivity index (χ1) is 9.65. The van der Waals surface area contributed by atoms with Gasteiger partial charge in [-0.1, -0.05) is 18.5 Å². The third-order valence-electron chi connectivity index (χ3n) is 3.51. The van der Waals surface area contributed by atoms with Crippen LogP contribution >= 0.6 is 11.6 Å². The number of anilines is 1. The number of carbonyl (C=O) groups excluding carboxylic acids is 1. The van der Waals surface area contributed by atoms with Gasteiger partial charge in [-0.2, -0.15) is 0 Å². The summed E-state index contributed by atoms with van der Waals surface area (Å²) in [5, 5.41) is 3.51. The van der Waals surface area contributed by atoms with E-state index < -0.39 is 0 Å². The molecular formula is C14H21ClN4O. The first kappa shape index (κ1) is 15.1. The van der Waals surface area contributed by atoms with Crippen molar-refractivity contribution >= 4 is 23.3 Å². The number of likely N-dealkylation sites (N-methyl/N-ethyl adjacent to an activating group) is 1. The maximum atomic E-state index is 12.5. The second kappa shape index (κ2) is 6.90. The first-order valence-electron chi connectivity index (χ1n) is 7.07. The van der Waals surface area contributed by atoms with Gasteiger partial charge in [0.05, 0.1) is 5.02 Å². The number of halogens is 1. The number of hydrogen-bond donors (Lipinski definition) is 1. The Kier molecular flexibility index (Phi) is 5.20. The van der Waals surface area contributed by atoms with Crippen LogP contribution in [0.25, 0.3) is 0 Å². The molecule has 5 nitrogen and oxygen atoms in total. The van der Waals surface area contributed by atoms with Gasteiger partial charge in [0.1, 0.15) is 11.5 Å². The Hall–Kier alpha value is -1.33. The van der Waals surface area contributed by atoms with Crippen molar-refractivity contribution in [3.63, 3.8) is 0 Å². The molecule has 1 aliphatic rings. The topological polar surface area (TPSA) is 48.5 Å². The summed E-state index contributed by atoms with van der Waals surface area (Å²) in [4.78, 5) is 21.0. The van der Waals surface area contributed by atoms with Crippen LogP contribution < -0.4 is 5.32 Å². The molecule has 110 valence electrons. The van der Waals surface area contributed by atoms with Gasteiger partial charge in [0.25, 0.3) is 5.91 Å². The van der Waals surface area contributed by atoms with Crippen molar-refractivity contribution in [3.8, 4) is 0 Å². The minimum Gasteiger partial charge on any atom is -0.370 e. The minimum atomic E-state index is -0.0782. The quantitative estimate of drug-likeness (QED) is 0.922. The number of hydrogen-bond acceptors (Lipinski definition) is 4. The third kappa shape index (κ3) is 3.41. The molecule has 0 aliphatic carbocycles. The van der Waals surface area contributed by atoms with Crippen LogP contribution in [0.3, 0.4) is 0 Å². The summed E-state index contributed by atoms with van der Waals surface area (Å²) in [5.74, 6) is 0.609. The van der Waals surface area contributed by atoms with Crippen LogP contribution in [-0.2, 0) is 0 Å². The van der Waals surface area contributed by atoms with Crippen molar-refractivity contribution in [2.24, 2.45) is 0 Å². The van der Waals surface area contributed by atoms with Crippen LogP contribution in [0.2, 0.25) is 5.02 Å². The Balaban J connectivity index is 2.10. The Labute approximate surface area is 124 Å². The number of aromatic nitrogens is 1. The monoisotopic (exact) mass is 296 g/mol. The summed E-state index contributed by atoms with van der Waals surface area (Å²) in [5.41, 5.74) is 0.343. The van der Waals surface area contributed by atoms with E-state index in [0.29, 0.717) is 16.5 Å². The lowest BCUT2D eigenvalue weighted by molar-refractivity contribution is 0.0638. The van der Waals surface area contributed by atoms with Gasteiger partial charge in [0.15, 0.2) is 0 Å². The normalized spacial score (nSPS) is 16.2. The molecule has 2 heterocycles. The minimum absolute atomic E-state index is 0.0782. The molecule has 0 saturated carbocycles. The van der Waals surface area contributed by atoms with Gasteiger partial charge in [-0.05, 0) is 25.6 Å². The van der Waals surface area contributed by atoms with Crippen LogP contribution in [0.15, 0.2) is 12.1 Å². The van der Waals surface area contributed by atoms with E-state index in [0.717, 1.165) is 39.3 Å². The zero-order chi connectivity index (χ0) is 14.5. The Bertz CT molecular complexity index is 472. The van der Waals surface area contributed by atoms with Crippen molar-refractivity contribution in [2.45, 2.75) is 13.8 Å². The van der Waals surface area contributed by atoms with Gasteiger partial charge in [-0.15, -0.1) is 0 Å². The predicted molar refractivity (Wildman–Crippen MR) is 81.4 cm³/mol. The van der Waals surface area contributed by atoms with Gasteiger partial charge >= 0.3 is 0 Å². The van der Waals surface area contributed by atoms with Gasteiger partial charge in [-0.25, -0.2) is 4.98 Å². The molecule has 0 bridgehead atoms. The van der Waals surface area contributed by atoms with E-state index in [1.54, 1.807) is 12.1 Å². The molecule has 2 rings (SSSR count). The molecule has 1 amide bonds. The van der Waals surface area contributed by atoms with E-state index in [1.165, 1.54) is 0 Å². The number of carbonyl (C=O) groups is 1. The van der Waals surface area contributed by atoms with Crippen molar-refractivity contribution in [1.29, 1.82) is 0 Å². The summed E-state index contributed by atoms with van der Waals surface area (Å²) in [6, 6.07) is 3.51. The summed E-state index contributed by atoms with van der Waals surface area (Å²) < 4.78 is 0. The van der Waals surface area contributed by atoms with Gasteiger partial charge < -0.3 is 15.1 Å². The highest BCUT2D eigenvalue weighted by atomic mass is 35.5. The molecule has 1 fully saturated rings. The van der Waals surface area contributed by atoms with Crippen molar-refractivity contribution in [2.75, 3.05) is 44.6 Å². The van der Waals surface area contributed by atoms with E-state index in [-0.39, 0.29) is 5.91 Å². The molecule has 0 unspecified atom stereocenters. The van der Waals surface area contributed by atoms with Crippen molar-refractivity contribution < 1.29 is 4.79 Å². The zero-order valence-electron chi connectivity index (χ0n) is 12.0. The molecule has 6 heteroatoms. The van der Waals surface area contributed by atoms with Crippen LogP contribution in [0.1, 0.15) is 24.3 Å². The second-order valence-electron chi connectivity index (χ2n) is 4.78. The fourth-order valence-electron chi connectivity index (χ4n) is 2.29. The lowest BCUT2D eigenvalue weighted by Gasteiger charge is -2.34. The van der Waals surface area contributed by atoms with Crippen LogP contribution in [0.5, 0.6) is 0 Å². The van der Waals surface area contributed by atoms with E-state index in [2.05, 4.69) is 22.1 Å². The Morgan fingerprint density at radius 3 is 2.60 bits per heavy atom. The molecule has 1 aromatic heterocycles. The summed E-state index contributed by atoms with van der Waals surface area (Å²) >= 11 is 6.12. The predicted octanol–water partition coefficient (Wildman–Crippen LogP) is 1.94. The van der Waals surface area contributed by atoms with Gasteiger partial charge in [0, 0.05) is 32.7 Å². The molecule has 0 atom stereocenters. The summed E-state index contributed by atoms with van der Waals surface area (Å²) in [7, 11) is 0. The highest BCUT2D eigenvalue weighted by molar-refractivity contribution is 6.33. The smallest absolute Gasteiger partial charge is 0.274 e. The number of rotatable bonds is 4. The van der Waals surface area contributed by atoms with Crippen molar-refractivity contribution in [1.82, 2.24) is 14.8 Å². The van der Waals surface area contributed by atoms with Crippen molar-refractivity contribution in [3.05, 3.63) is 22.8 Å². The molecule has 0 radical (unpaired) electrons. The van der Waals surface area contributed by atoms with E-state index in [9.17, 15) is 4.79 Å². The number of nitrogens with zero attached hydrogens (tertiary/aromatic N) is 3. The first-order valence-corrected chi connectivity index (χ1v) is 7.45. The standard InChI is InChI=1S/C14H21ClN4O/c1-3-16-12-6-5-11(15)13(17-12)14(20)19-9-7-18(4-2)8-10-19/h5-6H,3-4,7-10H2,1-2H3,(H,16,17). The van der Waals surface area contributed by atoms with Crippen LogP contribution in [0, 0.1) is 0 Å². The highest BCUT2D eigenvalue weighted by Gasteiger charge is 2.24. The average Bonchev–Trinajstić information content (AvgIpc) is 2.49. The molecule has 20 heavy (non-hydrogen) atoms. The molecule has 1 aromatic rings. The third-order valence-corrected chi connectivity index (χ3v) is 3.82. The van der Waals surface area contributed by atoms with Gasteiger partial charge in [-0.3, -0.25) is 4.79 Å². The number of piperazine rings is 1. The summed E-state index contributed by atoms with van der Waals surface area (Å²) in [6.45, 7) is 9.19. The molecular weight excluding hydrogens is 276 g/mol. The second-order valence-corrected chi connectivity index (χ2v) is 5.19. The molecule has 0 spiro atoms. The van der Waals surface area contributed by atoms with Crippen LogP contribution in [0.4, 0.5) is 5.82 Å². The number of amides is 1. The fraction of sp³-hybridized carbons (Fsp3) is 0.571. The molecule has 1 N–H and O–H groups in total. The molecule has 0 aromatic carbocycles. The summed E-state index contributed by atoms with van der Waals surface area (Å²) in [6.07, 6.45) is 0. The fourth-order valence-corrected chi connectivity index (χ4v) is 2.47. The highest BCUT2D eigenvalue weighted by Crippen LogP contribution is 2.19. The SMILES string of the molecule is CCNc1ccc(Cl)c(C(=O)N2CCN(CC)CC2)n1. The molecule has 1 saturated heterocycles. The zero-order valence-corrected chi connectivity index (χ0v) is 12.8. The van der Waals surface area contributed by atoms with Crippen LogP contribution in [-0.4, -0.2) is 60.0 Å². The largest absolute Gasteiger partial charge is 0.370 e. The Morgan fingerprint density at radius 1 is 1.30 bits per heavy atom. The number of pyridine rings is 1. The van der Waals surface area contributed by atoms with E-state index in [1.807, 2.05) is 11.8 Å². The molecule has 1 aliphatic heterocycles. The number of nitrogens with one attached hydrogen (secondary N) is 1. The van der Waals surface area contributed by atoms with E-state index in [4.69, 9.17) is 11.6 Å². The lowest BCUT2D eigenvalue weighted by Crippen LogP contribution is -2.48. The lowest BCUT2D eigenvalue weighted by atomic mass is 10.2.